The van der Waals surface area contributed by atoms with Crippen LogP contribution in [-0.2, 0) is 11.3 Å². The SMILES string of the molecule is C#CC1NC(=O)NC1=O.CN1Cc2ccc(O)c(F)c2C1=O. The largest absolute Gasteiger partial charge is 0.505 e. The van der Waals surface area contributed by atoms with Crippen LogP contribution in [0.15, 0.2) is 12.1 Å². The Kier molecular flexibility index (Phi) is 3.99. The van der Waals surface area contributed by atoms with Crippen molar-refractivity contribution in [3.63, 3.8) is 0 Å². The summed E-state index contributed by atoms with van der Waals surface area (Å²) < 4.78 is 13.2. The molecular weight excluding hydrogens is 293 g/mol. The molecule has 0 bridgehead atoms. The molecule has 1 fully saturated rings. The number of carbonyl (C=O) groups is 3. The van der Waals surface area contributed by atoms with Crippen LogP contribution >= 0.6 is 0 Å². The van der Waals surface area contributed by atoms with Gasteiger partial charge in [-0.15, -0.1) is 6.42 Å². The van der Waals surface area contributed by atoms with Gasteiger partial charge in [0, 0.05) is 13.6 Å². The van der Waals surface area contributed by atoms with Gasteiger partial charge in [0.25, 0.3) is 11.8 Å². The van der Waals surface area contributed by atoms with E-state index in [-0.39, 0.29) is 11.5 Å². The molecule has 22 heavy (non-hydrogen) atoms. The highest BCUT2D eigenvalue weighted by molar-refractivity contribution is 6.05. The summed E-state index contributed by atoms with van der Waals surface area (Å²) in [6.07, 6.45) is 4.86. The summed E-state index contributed by atoms with van der Waals surface area (Å²) in [6.45, 7) is 0.408. The van der Waals surface area contributed by atoms with Crippen molar-refractivity contribution in [2.45, 2.75) is 12.6 Å². The summed E-state index contributed by atoms with van der Waals surface area (Å²) in [4.78, 5) is 33.5. The Morgan fingerprint density at radius 2 is 2.09 bits per heavy atom. The fourth-order valence-electron chi connectivity index (χ4n) is 2.02. The standard InChI is InChI=1S/C9H8FNO2.C5H4N2O2/c1-11-4-5-2-3-6(12)8(10)7(5)9(11)13;1-2-3-4(8)7-5(9)6-3/h2-3,12H,4H2,1H3;1,3H,(H2,6,7,8,9). The van der Waals surface area contributed by atoms with Crippen LogP contribution < -0.4 is 10.6 Å². The van der Waals surface area contributed by atoms with Crippen LogP contribution in [-0.4, -0.2) is 40.9 Å². The van der Waals surface area contributed by atoms with Crippen LogP contribution in [0.5, 0.6) is 5.75 Å². The molecular formula is C14H12FN3O4. The molecule has 0 aromatic heterocycles. The van der Waals surface area contributed by atoms with Gasteiger partial charge in [0.2, 0.25) is 0 Å². The molecule has 0 radical (unpaired) electrons. The molecule has 1 aromatic carbocycles. The second-order valence-corrected chi connectivity index (χ2v) is 4.66. The summed E-state index contributed by atoms with van der Waals surface area (Å²) in [5, 5.41) is 13.2. The number of urea groups is 1. The zero-order chi connectivity index (χ0) is 16.4. The number of hydrogen-bond donors (Lipinski definition) is 3. The monoisotopic (exact) mass is 305 g/mol. The number of carbonyl (C=O) groups excluding carboxylic acids is 3. The van der Waals surface area contributed by atoms with Gasteiger partial charge in [0.05, 0.1) is 5.56 Å². The molecule has 1 unspecified atom stereocenters. The summed E-state index contributed by atoms with van der Waals surface area (Å²) in [5.74, 6) is -0.0109. The number of aromatic hydroxyl groups is 1. The number of nitrogens with one attached hydrogen (secondary N) is 2. The third-order valence-electron chi connectivity index (χ3n) is 3.12. The number of nitrogens with zero attached hydrogens (tertiary/aromatic N) is 1. The first-order valence-corrected chi connectivity index (χ1v) is 6.18. The Labute approximate surface area is 125 Å². The molecule has 0 aliphatic carbocycles. The van der Waals surface area contributed by atoms with Crippen molar-refractivity contribution in [2.24, 2.45) is 0 Å². The zero-order valence-corrected chi connectivity index (χ0v) is 11.5. The van der Waals surface area contributed by atoms with Gasteiger partial charge in [-0.2, -0.15) is 0 Å². The topological polar surface area (TPSA) is 98.7 Å². The average molecular weight is 305 g/mol. The van der Waals surface area contributed by atoms with Crippen LogP contribution in [0.25, 0.3) is 0 Å². The maximum Gasteiger partial charge on any atom is 0.322 e. The smallest absolute Gasteiger partial charge is 0.322 e. The number of amides is 4. The van der Waals surface area contributed by atoms with E-state index in [1.54, 1.807) is 13.1 Å². The molecule has 8 heteroatoms. The first-order valence-electron chi connectivity index (χ1n) is 6.18. The van der Waals surface area contributed by atoms with E-state index in [4.69, 9.17) is 11.5 Å². The van der Waals surface area contributed by atoms with E-state index < -0.39 is 29.5 Å². The minimum Gasteiger partial charge on any atom is -0.505 e. The van der Waals surface area contributed by atoms with Crippen molar-refractivity contribution in [1.82, 2.24) is 15.5 Å². The Morgan fingerprint density at radius 3 is 2.59 bits per heavy atom. The summed E-state index contributed by atoms with van der Waals surface area (Å²) in [5.41, 5.74) is 0.630. The fraction of sp³-hybridized carbons (Fsp3) is 0.214. The van der Waals surface area contributed by atoms with Crippen molar-refractivity contribution < 1.29 is 23.9 Å². The minimum atomic E-state index is -0.813. The normalized spacial score (nSPS) is 18.9. The second kappa shape index (κ2) is 5.73. The van der Waals surface area contributed by atoms with Crippen molar-refractivity contribution >= 4 is 17.8 Å². The third-order valence-corrected chi connectivity index (χ3v) is 3.12. The van der Waals surface area contributed by atoms with Crippen molar-refractivity contribution in [3.05, 3.63) is 29.1 Å². The van der Waals surface area contributed by atoms with Crippen molar-refractivity contribution in [3.8, 4) is 18.1 Å². The Hall–Kier alpha value is -3.08. The number of imide groups is 1. The molecule has 2 aliphatic rings. The molecule has 3 rings (SSSR count). The number of halogens is 1. The zero-order valence-electron chi connectivity index (χ0n) is 11.5. The molecule has 3 N–H and O–H groups in total. The highest BCUT2D eigenvalue weighted by Gasteiger charge is 2.29. The van der Waals surface area contributed by atoms with Gasteiger partial charge < -0.3 is 15.3 Å². The van der Waals surface area contributed by atoms with Crippen molar-refractivity contribution in [2.75, 3.05) is 7.05 Å². The number of phenols is 1. The van der Waals surface area contributed by atoms with E-state index in [2.05, 4.69) is 11.2 Å². The number of rotatable bonds is 0. The number of terminal acetylenes is 1. The third kappa shape index (κ3) is 2.69. The fourth-order valence-corrected chi connectivity index (χ4v) is 2.02. The average Bonchev–Trinajstić information content (AvgIpc) is 2.95. The van der Waals surface area contributed by atoms with Crippen LogP contribution in [0.3, 0.4) is 0 Å². The first-order chi connectivity index (χ1) is 10.3. The Bertz CT molecular complexity index is 711. The quantitative estimate of drug-likeness (QED) is 0.462. The Morgan fingerprint density at radius 1 is 1.41 bits per heavy atom. The van der Waals surface area contributed by atoms with E-state index >= 15 is 0 Å². The number of benzene rings is 1. The van der Waals surface area contributed by atoms with Gasteiger partial charge in [0.1, 0.15) is 0 Å². The van der Waals surface area contributed by atoms with E-state index in [1.165, 1.54) is 11.0 Å². The maximum atomic E-state index is 13.2. The summed E-state index contributed by atoms with van der Waals surface area (Å²) >= 11 is 0. The predicted molar refractivity (Wildman–Crippen MR) is 73.2 cm³/mol. The maximum absolute atomic E-state index is 13.2. The lowest BCUT2D eigenvalue weighted by atomic mass is 10.1. The number of fused-ring (bicyclic) bond motifs is 1. The molecule has 1 atom stereocenters. The lowest BCUT2D eigenvalue weighted by Gasteiger charge is -2.04. The van der Waals surface area contributed by atoms with Gasteiger partial charge in [-0.1, -0.05) is 12.0 Å². The molecule has 1 aromatic rings. The molecule has 114 valence electrons. The molecule has 4 amide bonds. The predicted octanol–water partition coefficient (Wildman–Crippen LogP) is -0.0555. The van der Waals surface area contributed by atoms with Crippen LogP contribution in [0, 0.1) is 18.2 Å². The first kappa shape index (κ1) is 15.3. The summed E-state index contributed by atoms with van der Waals surface area (Å²) in [7, 11) is 1.60. The van der Waals surface area contributed by atoms with Gasteiger partial charge in [0.15, 0.2) is 17.6 Å². The van der Waals surface area contributed by atoms with E-state index in [1.807, 2.05) is 5.32 Å². The molecule has 2 aliphatic heterocycles. The number of phenolic OH excluding ortho intramolecular Hbond substituents is 1. The highest BCUT2D eigenvalue weighted by atomic mass is 19.1. The minimum absolute atomic E-state index is 0.00231. The van der Waals surface area contributed by atoms with E-state index in [9.17, 15) is 18.8 Å². The van der Waals surface area contributed by atoms with Gasteiger partial charge in [-0.05, 0) is 11.6 Å². The summed E-state index contributed by atoms with van der Waals surface area (Å²) in [6, 6.07) is 1.52. The molecule has 0 spiro atoms. The molecule has 2 heterocycles. The van der Waals surface area contributed by atoms with E-state index in [0.29, 0.717) is 12.1 Å². The lowest BCUT2D eigenvalue weighted by molar-refractivity contribution is -0.119. The molecule has 7 nitrogen and oxygen atoms in total. The van der Waals surface area contributed by atoms with Crippen LogP contribution in [0.4, 0.5) is 9.18 Å². The van der Waals surface area contributed by atoms with Gasteiger partial charge in [-0.3, -0.25) is 14.9 Å². The Balaban J connectivity index is 0.000000172. The second-order valence-electron chi connectivity index (χ2n) is 4.66. The molecule has 0 saturated carbocycles. The molecule has 1 saturated heterocycles. The number of hydrogen-bond acceptors (Lipinski definition) is 4. The van der Waals surface area contributed by atoms with Gasteiger partial charge >= 0.3 is 6.03 Å². The van der Waals surface area contributed by atoms with Gasteiger partial charge in [-0.25, -0.2) is 9.18 Å². The van der Waals surface area contributed by atoms with E-state index in [0.717, 1.165) is 0 Å². The van der Waals surface area contributed by atoms with Crippen LogP contribution in [0.2, 0.25) is 0 Å². The van der Waals surface area contributed by atoms with Crippen molar-refractivity contribution in [1.29, 1.82) is 0 Å². The highest BCUT2D eigenvalue weighted by Crippen LogP contribution is 2.28. The lowest BCUT2D eigenvalue weighted by Crippen LogP contribution is -2.26. The van der Waals surface area contributed by atoms with Crippen LogP contribution in [0.1, 0.15) is 15.9 Å².